The predicted octanol–water partition coefficient (Wildman–Crippen LogP) is 10.9. The Morgan fingerprint density at radius 1 is 0.478 bits per heavy atom. The van der Waals surface area contributed by atoms with E-state index in [1.54, 1.807) is 0 Å². The van der Waals surface area contributed by atoms with E-state index in [9.17, 15) is 0 Å². The zero-order valence-corrected chi connectivity index (χ0v) is 25.5. The van der Waals surface area contributed by atoms with E-state index in [0.717, 1.165) is 50.5 Å². The van der Waals surface area contributed by atoms with E-state index in [-0.39, 0.29) is 0 Å². The lowest BCUT2D eigenvalue weighted by molar-refractivity contribution is 1.18. The summed E-state index contributed by atoms with van der Waals surface area (Å²) in [5.41, 5.74) is 12.0. The van der Waals surface area contributed by atoms with Crippen molar-refractivity contribution in [3.05, 3.63) is 158 Å². The van der Waals surface area contributed by atoms with Crippen molar-refractivity contribution in [3.63, 3.8) is 0 Å². The van der Waals surface area contributed by atoms with Crippen LogP contribution in [0.3, 0.4) is 0 Å². The molecule has 4 aromatic carbocycles. The second-order valence-electron chi connectivity index (χ2n) is 11.4. The summed E-state index contributed by atoms with van der Waals surface area (Å²) in [7, 11) is 0. The molecule has 4 nitrogen and oxygen atoms in total. The number of benzene rings is 4. The monoisotopic (exact) mass is 606 g/mol. The summed E-state index contributed by atoms with van der Waals surface area (Å²) in [5.74, 6) is 0. The molecule has 46 heavy (non-hydrogen) atoms. The molecule has 0 aliphatic carbocycles. The number of pyridine rings is 3. The molecule has 0 amide bonds. The average molecular weight is 607 g/mol. The smallest absolute Gasteiger partial charge is 0.0716 e. The summed E-state index contributed by atoms with van der Waals surface area (Å²) < 4.78 is 3.72. The van der Waals surface area contributed by atoms with Gasteiger partial charge in [0, 0.05) is 57.1 Å². The summed E-state index contributed by atoms with van der Waals surface area (Å²) in [6.45, 7) is 0. The van der Waals surface area contributed by atoms with Gasteiger partial charge in [-0.1, -0.05) is 60.7 Å². The van der Waals surface area contributed by atoms with Crippen LogP contribution in [0.5, 0.6) is 0 Å². The molecule has 5 aromatic heterocycles. The first-order chi connectivity index (χ1) is 22.8. The largest absolute Gasteiger partial charge is 0.309 e. The van der Waals surface area contributed by atoms with Crippen molar-refractivity contribution < 1.29 is 0 Å². The molecular formula is C41H26N4S. The van der Waals surface area contributed by atoms with Crippen LogP contribution in [-0.2, 0) is 0 Å². The van der Waals surface area contributed by atoms with Gasteiger partial charge in [-0.2, -0.15) is 0 Å². The standard InChI is InChI=1S/C41H26N4S/c1-2-7-38-35(6-1)40-39(13-12-31-18-23-46-41(31)40)45(38)34-5-3-4-32(24-34)37-26-33(25-36(44-37)30-16-21-43-22-17-30)28-10-8-27(9-11-28)29-14-19-42-20-15-29/h1-26H. The third-order valence-electron chi connectivity index (χ3n) is 8.69. The van der Waals surface area contributed by atoms with Gasteiger partial charge in [0.15, 0.2) is 0 Å². The van der Waals surface area contributed by atoms with Gasteiger partial charge in [0.05, 0.1) is 22.4 Å². The molecule has 0 bridgehead atoms. The van der Waals surface area contributed by atoms with Crippen LogP contribution in [-0.4, -0.2) is 19.5 Å². The number of para-hydroxylation sites is 1. The third-order valence-corrected chi connectivity index (χ3v) is 9.64. The van der Waals surface area contributed by atoms with Crippen LogP contribution in [0, 0.1) is 0 Å². The second-order valence-corrected chi connectivity index (χ2v) is 12.3. The zero-order chi connectivity index (χ0) is 30.5. The van der Waals surface area contributed by atoms with Crippen molar-refractivity contribution in [2.75, 3.05) is 0 Å². The van der Waals surface area contributed by atoms with Gasteiger partial charge < -0.3 is 4.57 Å². The van der Waals surface area contributed by atoms with Gasteiger partial charge in [0.1, 0.15) is 0 Å². The Morgan fingerprint density at radius 2 is 1.15 bits per heavy atom. The van der Waals surface area contributed by atoms with Gasteiger partial charge in [-0.05, 0) is 99.8 Å². The summed E-state index contributed by atoms with van der Waals surface area (Å²) in [6.07, 6.45) is 7.30. The fourth-order valence-corrected chi connectivity index (χ4v) is 7.43. The maximum Gasteiger partial charge on any atom is 0.0716 e. The average Bonchev–Trinajstić information content (AvgIpc) is 3.75. The molecule has 0 N–H and O–H groups in total. The highest BCUT2D eigenvalue weighted by Crippen LogP contribution is 2.39. The Morgan fingerprint density at radius 3 is 1.93 bits per heavy atom. The quantitative estimate of drug-likeness (QED) is 0.196. The van der Waals surface area contributed by atoms with Gasteiger partial charge in [-0.25, -0.2) is 4.98 Å². The SMILES string of the molecule is c1cc(-c2cc(-c3ccc(-c4ccncc4)cc3)cc(-c3ccncc3)n2)cc(-n2c3ccccc3c3c4sccc4ccc32)c1. The third kappa shape index (κ3) is 4.48. The molecule has 5 heteroatoms. The lowest BCUT2D eigenvalue weighted by Gasteiger charge is -2.13. The van der Waals surface area contributed by atoms with Crippen molar-refractivity contribution in [2.45, 2.75) is 0 Å². The molecule has 0 spiro atoms. The minimum atomic E-state index is 0.912. The Hall–Kier alpha value is -5.91. The highest BCUT2D eigenvalue weighted by Gasteiger charge is 2.16. The number of fused-ring (bicyclic) bond motifs is 5. The van der Waals surface area contributed by atoms with E-state index in [0.29, 0.717) is 0 Å². The van der Waals surface area contributed by atoms with Crippen molar-refractivity contribution in [1.82, 2.24) is 19.5 Å². The molecule has 0 aliphatic heterocycles. The number of hydrogen-bond acceptors (Lipinski definition) is 4. The maximum atomic E-state index is 5.20. The number of aromatic nitrogens is 4. The summed E-state index contributed by atoms with van der Waals surface area (Å²) in [5, 5.41) is 6.05. The van der Waals surface area contributed by atoms with E-state index in [2.05, 4.69) is 123 Å². The second kappa shape index (κ2) is 10.9. The van der Waals surface area contributed by atoms with Crippen LogP contribution in [0.2, 0.25) is 0 Å². The Bertz CT molecular complexity index is 2510. The van der Waals surface area contributed by atoms with Crippen molar-refractivity contribution in [1.29, 1.82) is 0 Å². The van der Waals surface area contributed by atoms with E-state index in [4.69, 9.17) is 4.98 Å². The van der Waals surface area contributed by atoms with E-state index in [1.807, 2.05) is 60.4 Å². The van der Waals surface area contributed by atoms with Crippen LogP contribution in [0.1, 0.15) is 0 Å². The fourth-order valence-electron chi connectivity index (χ4n) is 6.48. The van der Waals surface area contributed by atoms with Crippen molar-refractivity contribution >= 4 is 43.2 Å². The first-order valence-corrected chi connectivity index (χ1v) is 16.1. The van der Waals surface area contributed by atoms with Gasteiger partial charge in [0.25, 0.3) is 0 Å². The molecule has 9 aromatic rings. The first-order valence-electron chi connectivity index (χ1n) is 15.2. The van der Waals surface area contributed by atoms with Crippen LogP contribution in [0.15, 0.2) is 158 Å². The molecule has 0 unspecified atom stereocenters. The minimum Gasteiger partial charge on any atom is -0.309 e. The Labute approximate surface area is 269 Å². The highest BCUT2D eigenvalue weighted by atomic mass is 32.1. The van der Waals surface area contributed by atoms with Crippen LogP contribution >= 0.6 is 11.3 Å². The lowest BCUT2D eigenvalue weighted by atomic mass is 9.98. The molecule has 9 rings (SSSR count). The molecule has 216 valence electrons. The van der Waals surface area contributed by atoms with E-state index in [1.165, 1.54) is 31.9 Å². The number of rotatable bonds is 5. The molecule has 0 radical (unpaired) electrons. The Balaban J connectivity index is 1.21. The Kier molecular flexibility index (Phi) is 6.28. The molecule has 0 atom stereocenters. The van der Waals surface area contributed by atoms with E-state index >= 15 is 0 Å². The van der Waals surface area contributed by atoms with Gasteiger partial charge >= 0.3 is 0 Å². The van der Waals surface area contributed by atoms with Crippen LogP contribution < -0.4 is 0 Å². The minimum absolute atomic E-state index is 0.912. The van der Waals surface area contributed by atoms with Gasteiger partial charge in [0.2, 0.25) is 0 Å². The highest BCUT2D eigenvalue weighted by molar-refractivity contribution is 7.18. The number of nitrogens with zero attached hydrogens (tertiary/aromatic N) is 4. The molecule has 0 fully saturated rings. The molecule has 5 heterocycles. The van der Waals surface area contributed by atoms with Crippen molar-refractivity contribution in [2.24, 2.45) is 0 Å². The summed E-state index contributed by atoms with van der Waals surface area (Å²) in [4.78, 5) is 13.6. The van der Waals surface area contributed by atoms with Gasteiger partial charge in [-0.3, -0.25) is 9.97 Å². The van der Waals surface area contributed by atoms with Gasteiger partial charge in [-0.15, -0.1) is 11.3 Å². The molecule has 0 aliphatic rings. The molecule has 0 saturated carbocycles. The summed E-state index contributed by atoms with van der Waals surface area (Å²) >= 11 is 1.81. The summed E-state index contributed by atoms with van der Waals surface area (Å²) in [6, 6.07) is 45.4. The fraction of sp³-hybridized carbons (Fsp3) is 0. The normalized spacial score (nSPS) is 11.5. The van der Waals surface area contributed by atoms with Crippen LogP contribution in [0.25, 0.3) is 82.3 Å². The van der Waals surface area contributed by atoms with E-state index < -0.39 is 0 Å². The lowest BCUT2D eigenvalue weighted by Crippen LogP contribution is -1.96. The topological polar surface area (TPSA) is 43.6 Å². The van der Waals surface area contributed by atoms with Crippen LogP contribution in [0.4, 0.5) is 0 Å². The van der Waals surface area contributed by atoms with Crippen molar-refractivity contribution in [3.8, 4) is 50.5 Å². The number of thiophene rings is 1. The zero-order valence-electron chi connectivity index (χ0n) is 24.7. The molecule has 0 saturated heterocycles. The molecular weight excluding hydrogens is 581 g/mol. The first kappa shape index (κ1) is 26.5. The number of hydrogen-bond donors (Lipinski definition) is 0. The maximum absolute atomic E-state index is 5.20. The predicted molar refractivity (Wildman–Crippen MR) is 191 cm³/mol.